The molecule has 3 rings (SSSR count). The molecule has 0 aliphatic rings. The first kappa shape index (κ1) is 13.4. The van der Waals surface area contributed by atoms with Gasteiger partial charge in [-0.1, -0.05) is 24.3 Å². The second-order valence-electron chi connectivity index (χ2n) is 4.28. The van der Waals surface area contributed by atoms with Gasteiger partial charge in [-0.25, -0.2) is 9.37 Å². The smallest absolute Gasteiger partial charge is 0.170 e. The predicted octanol–water partition coefficient (Wildman–Crippen LogP) is 4.62. The molecule has 0 atom stereocenters. The quantitative estimate of drug-likeness (QED) is 0.645. The van der Waals surface area contributed by atoms with E-state index in [1.165, 1.54) is 23.5 Å². The molecule has 0 saturated carbocycles. The summed E-state index contributed by atoms with van der Waals surface area (Å²) in [6, 6.07) is 12.2. The second-order valence-corrected chi connectivity index (χ2v) is 6.18. The molecule has 20 heavy (non-hydrogen) atoms. The number of Topliss-reactive ketones (excluding diaryl/α,β-unsaturated/α-hetero) is 1. The van der Waals surface area contributed by atoms with Crippen LogP contribution in [0.2, 0.25) is 0 Å². The van der Waals surface area contributed by atoms with Crippen molar-refractivity contribution >= 4 is 43.3 Å². The van der Waals surface area contributed by atoms with Crippen molar-refractivity contribution in [3.63, 3.8) is 0 Å². The molecule has 1 aromatic heterocycles. The summed E-state index contributed by atoms with van der Waals surface area (Å²) in [5.41, 5.74) is 1.24. The van der Waals surface area contributed by atoms with Crippen LogP contribution in [-0.2, 0) is 6.42 Å². The van der Waals surface area contributed by atoms with Crippen LogP contribution < -0.4 is 0 Å². The number of halogens is 2. The third-order valence-corrected chi connectivity index (χ3v) is 4.74. The summed E-state index contributed by atoms with van der Waals surface area (Å²) in [7, 11) is 0. The Bertz CT molecular complexity index is 766. The van der Waals surface area contributed by atoms with E-state index in [9.17, 15) is 9.18 Å². The van der Waals surface area contributed by atoms with Gasteiger partial charge in [-0.15, -0.1) is 11.3 Å². The van der Waals surface area contributed by atoms with Crippen molar-refractivity contribution in [3.8, 4) is 0 Å². The maximum atomic E-state index is 13.4. The Kier molecular flexibility index (Phi) is 3.63. The number of ketones is 1. The molecular weight excluding hydrogens is 341 g/mol. The summed E-state index contributed by atoms with van der Waals surface area (Å²) in [4.78, 5) is 16.7. The normalized spacial score (nSPS) is 10.9. The number of hydrogen-bond acceptors (Lipinski definition) is 3. The Morgan fingerprint density at radius 1 is 1.20 bits per heavy atom. The molecule has 0 N–H and O–H groups in total. The molecule has 0 fully saturated rings. The van der Waals surface area contributed by atoms with Crippen molar-refractivity contribution in [1.82, 2.24) is 4.98 Å². The topological polar surface area (TPSA) is 30.0 Å². The summed E-state index contributed by atoms with van der Waals surface area (Å²) in [5.74, 6) is -0.574. The summed E-state index contributed by atoms with van der Waals surface area (Å²) < 4.78 is 14.7. The monoisotopic (exact) mass is 349 g/mol. The van der Waals surface area contributed by atoms with Crippen LogP contribution in [0, 0.1) is 5.82 Å². The first-order valence-corrected chi connectivity index (χ1v) is 7.58. The van der Waals surface area contributed by atoms with Crippen molar-refractivity contribution in [1.29, 1.82) is 0 Å². The van der Waals surface area contributed by atoms with Gasteiger partial charge in [0.2, 0.25) is 0 Å². The average molecular weight is 350 g/mol. The molecule has 5 heteroatoms. The van der Waals surface area contributed by atoms with Gasteiger partial charge in [0.05, 0.1) is 21.1 Å². The molecule has 0 aliphatic heterocycles. The van der Waals surface area contributed by atoms with Crippen molar-refractivity contribution in [3.05, 3.63) is 63.3 Å². The maximum Gasteiger partial charge on any atom is 0.170 e. The number of benzene rings is 2. The lowest BCUT2D eigenvalue weighted by atomic mass is 10.1. The third-order valence-electron chi connectivity index (χ3n) is 2.90. The minimum absolute atomic E-state index is 0.143. The summed E-state index contributed by atoms with van der Waals surface area (Å²) in [5, 5.41) is 0.743. The molecule has 0 unspecified atom stereocenters. The number of rotatable bonds is 3. The van der Waals surface area contributed by atoms with Crippen molar-refractivity contribution in [2.45, 2.75) is 6.42 Å². The number of hydrogen-bond donors (Lipinski definition) is 0. The van der Waals surface area contributed by atoms with Gasteiger partial charge in [-0.05, 0) is 34.1 Å². The van der Waals surface area contributed by atoms with Gasteiger partial charge in [0.15, 0.2) is 5.78 Å². The maximum absolute atomic E-state index is 13.4. The number of thiazole rings is 1. The Morgan fingerprint density at radius 2 is 2.00 bits per heavy atom. The highest BCUT2D eigenvalue weighted by atomic mass is 79.9. The van der Waals surface area contributed by atoms with Crippen LogP contribution in [0.3, 0.4) is 0 Å². The van der Waals surface area contributed by atoms with Crippen molar-refractivity contribution in [2.24, 2.45) is 0 Å². The van der Waals surface area contributed by atoms with Gasteiger partial charge in [-0.2, -0.15) is 0 Å². The van der Waals surface area contributed by atoms with E-state index in [2.05, 4.69) is 20.9 Å². The predicted molar refractivity (Wildman–Crippen MR) is 81.8 cm³/mol. The summed E-state index contributed by atoms with van der Waals surface area (Å²) >= 11 is 4.61. The van der Waals surface area contributed by atoms with Gasteiger partial charge >= 0.3 is 0 Å². The fourth-order valence-corrected chi connectivity index (χ4v) is 3.40. The molecule has 2 nitrogen and oxygen atoms in total. The Hall–Kier alpha value is -1.59. The van der Waals surface area contributed by atoms with E-state index in [0.29, 0.717) is 5.56 Å². The van der Waals surface area contributed by atoms with E-state index < -0.39 is 5.82 Å². The Morgan fingerprint density at radius 3 is 2.80 bits per heavy atom. The van der Waals surface area contributed by atoms with Crippen LogP contribution in [-0.4, -0.2) is 10.8 Å². The lowest BCUT2D eigenvalue weighted by Crippen LogP contribution is -2.05. The first-order valence-electron chi connectivity index (χ1n) is 5.97. The molecule has 0 saturated heterocycles. The van der Waals surface area contributed by atoms with Crippen molar-refractivity contribution < 1.29 is 9.18 Å². The molecule has 0 aliphatic carbocycles. The van der Waals surface area contributed by atoms with Crippen molar-refractivity contribution in [2.75, 3.05) is 0 Å². The second kappa shape index (κ2) is 5.42. The minimum Gasteiger partial charge on any atom is -0.294 e. The van der Waals surface area contributed by atoms with Gasteiger partial charge in [-0.3, -0.25) is 4.79 Å². The van der Waals surface area contributed by atoms with E-state index in [1.807, 2.05) is 24.3 Å². The standard InChI is InChI=1S/C15H9BrFNOS/c16-15-9(4-3-5-10(15)17)12(19)8-14-18-11-6-1-2-7-13(11)20-14/h1-7H,8H2. The zero-order valence-electron chi connectivity index (χ0n) is 10.3. The van der Waals surface area contributed by atoms with E-state index in [-0.39, 0.29) is 16.7 Å². The van der Waals surface area contributed by atoms with Crippen LogP contribution in [0.5, 0.6) is 0 Å². The molecule has 100 valence electrons. The highest BCUT2D eigenvalue weighted by molar-refractivity contribution is 9.10. The number of nitrogens with zero attached hydrogens (tertiary/aromatic N) is 1. The van der Waals surface area contributed by atoms with Crippen LogP contribution in [0.25, 0.3) is 10.2 Å². The molecule has 3 aromatic rings. The number of carbonyl (C=O) groups is 1. The Labute approximate surface area is 127 Å². The number of para-hydroxylation sites is 1. The van der Waals surface area contributed by atoms with Crippen LogP contribution in [0.1, 0.15) is 15.4 Å². The van der Waals surface area contributed by atoms with Crippen LogP contribution in [0.15, 0.2) is 46.9 Å². The highest BCUT2D eigenvalue weighted by Crippen LogP contribution is 2.25. The lowest BCUT2D eigenvalue weighted by molar-refractivity contribution is 0.0991. The molecule has 0 spiro atoms. The number of fused-ring (bicyclic) bond motifs is 1. The molecule has 0 amide bonds. The number of aromatic nitrogens is 1. The van der Waals surface area contributed by atoms with Gasteiger partial charge in [0, 0.05) is 5.56 Å². The molecule has 2 aromatic carbocycles. The van der Waals surface area contributed by atoms with Crippen LogP contribution in [0.4, 0.5) is 4.39 Å². The lowest BCUT2D eigenvalue weighted by Gasteiger charge is -2.02. The fraction of sp³-hybridized carbons (Fsp3) is 0.0667. The van der Waals surface area contributed by atoms with E-state index in [1.54, 1.807) is 6.07 Å². The SMILES string of the molecule is O=C(Cc1nc2ccccc2s1)c1cccc(F)c1Br. The van der Waals surface area contributed by atoms with E-state index in [0.717, 1.165) is 15.2 Å². The van der Waals surface area contributed by atoms with E-state index >= 15 is 0 Å². The van der Waals surface area contributed by atoms with E-state index in [4.69, 9.17) is 0 Å². The molecule has 0 radical (unpaired) electrons. The van der Waals surface area contributed by atoms with Crippen LogP contribution >= 0.6 is 27.3 Å². The fourth-order valence-electron chi connectivity index (χ4n) is 1.95. The number of carbonyl (C=O) groups excluding carboxylic acids is 1. The molecular formula is C15H9BrFNOS. The minimum atomic E-state index is -0.430. The first-order chi connectivity index (χ1) is 9.65. The Balaban J connectivity index is 1.90. The van der Waals surface area contributed by atoms with Gasteiger partial charge in [0.1, 0.15) is 10.8 Å². The summed E-state index contributed by atoms with van der Waals surface area (Å²) in [6.45, 7) is 0. The zero-order valence-corrected chi connectivity index (χ0v) is 12.7. The molecule has 0 bridgehead atoms. The van der Waals surface area contributed by atoms with Gasteiger partial charge in [0.25, 0.3) is 0 Å². The zero-order chi connectivity index (χ0) is 14.1. The highest BCUT2D eigenvalue weighted by Gasteiger charge is 2.15. The van der Waals surface area contributed by atoms with Gasteiger partial charge < -0.3 is 0 Å². The third kappa shape index (κ3) is 2.51. The molecule has 1 heterocycles. The largest absolute Gasteiger partial charge is 0.294 e. The summed E-state index contributed by atoms with van der Waals surface area (Å²) in [6.07, 6.45) is 0.182. The average Bonchev–Trinajstić information content (AvgIpc) is 2.83.